The van der Waals surface area contributed by atoms with Crippen LogP contribution in [0.2, 0.25) is 18.1 Å². The molecule has 0 aliphatic carbocycles. The second-order valence-corrected chi connectivity index (χ2v) is 12.7. The van der Waals surface area contributed by atoms with E-state index in [1.807, 2.05) is 18.7 Å². The van der Waals surface area contributed by atoms with Crippen molar-refractivity contribution in [1.82, 2.24) is 9.80 Å². The first-order valence-electron chi connectivity index (χ1n) is 8.20. The average Bonchev–Trinajstić information content (AvgIpc) is 2.37. The molecule has 1 aliphatic rings. The first kappa shape index (κ1) is 18.7. The highest BCUT2D eigenvalue weighted by Crippen LogP contribution is 2.36. The van der Waals surface area contributed by atoms with Crippen LogP contribution in [-0.2, 0) is 9.22 Å². The van der Waals surface area contributed by atoms with E-state index >= 15 is 0 Å². The summed E-state index contributed by atoms with van der Waals surface area (Å²) in [6.07, 6.45) is 0. The Labute approximate surface area is 132 Å². The fourth-order valence-corrected chi connectivity index (χ4v) is 3.24. The summed E-state index contributed by atoms with van der Waals surface area (Å²) in [7, 11) is -1.63. The summed E-state index contributed by atoms with van der Waals surface area (Å²) in [5.74, 6) is 0.394. The molecule has 1 fully saturated rings. The molecule has 0 aromatic rings. The van der Waals surface area contributed by atoms with Crippen molar-refractivity contribution < 1.29 is 9.22 Å². The van der Waals surface area contributed by atoms with Crippen molar-refractivity contribution in [2.45, 2.75) is 52.8 Å². The second kappa shape index (κ2) is 7.25. The maximum absolute atomic E-state index is 11.9. The van der Waals surface area contributed by atoms with Gasteiger partial charge in [0.15, 0.2) is 8.32 Å². The summed E-state index contributed by atoms with van der Waals surface area (Å²) in [5.41, 5.74) is 0. The maximum atomic E-state index is 11.9. The van der Waals surface area contributed by atoms with Gasteiger partial charge in [-0.2, -0.15) is 0 Å². The first-order valence-corrected chi connectivity index (χ1v) is 11.1. The highest BCUT2D eigenvalue weighted by atomic mass is 28.4. The number of carbonyl (C=O) groups excluding carboxylic acids is 1. The van der Waals surface area contributed by atoms with Gasteiger partial charge in [-0.15, -0.1) is 0 Å². The van der Waals surface area contributed by atoms with E-state index in [9.17, 15) is 4.79 Å². The number of carbonyl (C=O) groups is 1. The molecule has 0 spiro atoms. The Balaban J connectivity index is 2.30. The molecule has 0 saturated carbocycles. The van der Waals surface area contributed by atoms with Crippen LogP contribution in [0.3, 0.4) is 0 Å². The molecule has 5 heteroatoms. The van der Waals surface area contributed by atoms with Gasteiger partial charge in [-0.3, -0.25) is 9.69 Å². The van der Waals surface area contributed by atoms with Gasteiger partial charge in [0.2, 0.25) is 5.91 Å². The molecule has 0 radical (unpaired) electrons. The van der Waals surface area contributed by atoms with Gasteiger partial charge >= 0.3 is 0 Å². The summed E-state index contributed by atoms with van der Waals surface area (Å²) in [6, 6.07) is 0. The molecule has 124 valence electrons. The normalized spacial score (nSPS) is 18.4. The van der Waals surface area contributed by atoms with Crippen molar-refractivity contribution in [3.05, 3.63) is 0 Å². The van der Waals surface area contributed by atoms with Crippen LogP contribution in [0.15, 0.2) is 0 Å². The summed E-state index contributed by atoms with van der Waals surface area (Å²) < 4.78 is 6.23. The molecule has 0 atom stereocenters. The van der Waals surface area contributed by atoms with Crippen LogP contribution in [0.25, 0.3) is 0 Å². The van der Waals surface area contributed by atoms with Gasteiger partial charge in [0, 0.05) is 45.2 Å². The minimum Gasteiger partial charge on any atom is -0.416 e. The Bertz CT molecular complexity index is 343. The molecule has 0 aromatic carbocycles. The van der Waals surface area contributed by atoms with Crippen LogP contribution in [0.5, 0.6) is 0 Å². The van der Waals surface area contributed by atoms with Crippen molar-refractivity contribution >= 4 is 14.2 Å². The summed E-state index contributed by atoms with van der Waals surface area (Å²) in [5, 5.41) is 0.273. The van der Waals surface area contributed by atoms with Crippen LogP contribution in [-0.4, -0.2) is 63.4 Å². The van der Waals surface area contributed by atoms with Gasteiger partial charge < -0.3 is 9.33 Å². The summed E-state index contributed by atoms with van der Waals surface area (Å²) in [4.78, 5) is 16.4. The van der Waals surface area contributed by atoms with E-state index in [2.05, 4.69) is 38.8 Å². The van der Waals surface area contributed by atoms with E-state index in [1.54, 1.807) is 0 Å². The fourth-order valence-electron chi connectivity index (χ4n) is 2.20. The van der Waals surface area contributed by atoms with Crippen LogP contribution >= 0.6 is 0 Å². The molecule has 1 heterocycles. The smallest absolute Gasteiger partial charge is 0.225 e. The lowest BCUT2D eigenvalue weighted by atomic mass is 10.1. The van der Waals surface area contributed by atoms with E-state index in [0.717, 1.165) is 39.3 Å². The standard InChI is InChI=1S/C16H34N2O2Si/c1-14(2)15(19)18-10-8-17(9-11-18)12-13-20-21(6,7)16(3,4)5/h14H,8-13H2,1-7H3. The molecule has 1 aliphatic heterocycles. The van der Waals surface area contributed by atoms with Crippen LogP contribution in [0.4, 0.5) is 0 Å². The van der Waals surface area contributed by atoms with Crippen molar-refractivity contribution in [2.24, 2.45) is 5.92 Å². The molecule has 0 bridgehead atoms. The molecular formula is C16H34N2O2Si. The Morgan fingerprint density at radius 3 is 2.10 bits per heavy atom. The zero-order valence-electron chi connectivity index (χ0n) is 15.0. The van der Waals surface area contributed by atoms with Gasteiger partial charge in [-0.25, -0.2) is 0 Å². The minimum atomic E-state index is -1.63. The van der Waals surface area contributed by atoms with Crippen molar-refractivity contribution in [3.8, 4) is 0 Å². The molecule has 21 heavy (non-hydrogen) atoms. The Morgan fingerprint density at radius 1 is 1.14 bits per heavy atom. The van der Waals surface area contributed by atoms with Crippen LogP contribution in [0.1, 0.15) is 34.6 Å². The highest BCUT2D eigenvalue weighted by Gasteiger charge is 2.37. The number of piperazine rings is 1. The monoisotopic (exact) mass is 314 g/mol. The predicted molar refractivity (Wildman–Crippen MR) is 91.0 cm³/mol. The van der Waals surface area contributed by atoms with E-state index in [1.165, 1.54) is 0 Å². The van der Waals surface area contributed by atoms with Crippen LogP contribution in [0, 0.1) is 5.92 Å². The number of hydrogen-bond acceptors (Lipinski definition) is 3. The molecule has 4 nitrogen and oxygen atoms in total. The summed E-state index contributed by atoms with van der Waals surface area (Å²) in [6.45, 7) is 20.8. The lowest BCUT2D eigenvalue weighted by molar-refractivity contribution is -0.136. The maximum Gasteiger partial charge on any atom is 0.225 e. The highest BCUT2D eigenvalue weighted by molar-refractivity contribution is 6.74. The van der Waals surface area contributed by atoms with E-state index < -0.39 is 8.32 Å². The topological polar surface area (TPSA) is 32.8 Å². The molecule has 1 rings (SSSR count). The van der Waals surface area contributed by atoms with E-state index in [-0.39, 0.29) is 16.9 Å². The minimum absolute atomic E-state index is 0.110. The molecule has 1 saturated heterocycles. The van der Waals surface area contributed by atoms with Gasteiger partial charge in [-0.1, -0.05) is 34.6 Å². The lowest BCUT2D eigenvalue weighted by Crippen LogP contribution is -2.51. The van der Waals surface area contributed by atoms with Crippen molar-refractivity contribution in [3.63, 3.8) is 0 Å². The predicted octanol–water partition coefficient (Wildman–Crippen LogP) is 2.81. The number of amides is 1. The summed E-state index contributed by atoms with van der Waals surface area (Å²) >= 11 is 0. The quantitative estimate of drug-likeness (QED) is 0.732. The fraction of sp³-hybridized carbons (Fsp3) is 0.938. The SMILES string of the molecule is CC(C)C(=O)N1CCN(CCO[Si](C)(C)C(C)(C)C)CC1. The first-order chi connectivity index (χ1) is 9.54. The van der Waals surface area contributed by atoms with Gasteiger partial charge in [-0.05, 0) is 18.1 Å². The number of hydrogen-bond donors (Lipinski definition) is 0. The number of rotatable bonds is 5. The number of nitrogens with zero attached hydrogens (tertiary/aromatic N) is 2. The van der Waals surface area contributed by atoms with Crippen molar-refractivity contribution in [1.29, 1.82) is 0 Å². The van der Waals surface area contributed by atoms with Gasteiger partial charge in [0.25, 0.3) is 0 Å². The molecule has 0 N–H and O–H groups in total. The van der Waals surface area contributed by atoms with Crippen LogP contribution < -0.4 is 0 Å². The average molecular weight is 315 g/mol. The Hall–Kier alpha value is -0.393. The van der Waals surface area contributed by atoms with Gasteiger partial charge in [0.05, 0.1) is 0 Å². The van der Waals surface area contributed by atoms with Crippen molar-refractivity contribution in [2.75, 3.05) is 39.3 Å². The zero-order valence-corrected chi connectivity index (χ0v) is 16.0. The van der Waals surface area contributed by atoms with Gasteiger partial charge in [0.1, 0.15) is 0 Å². The lowest BCUT2D eigenvalue weighted by Gasteiger charge is -2.38. The molecule has 1 amide bonds. The second-order valence-electron chi connectivity index (χ2n) is 7.93. The zero-order chi connectivity index (χ0) is 16.3. The molecule has 0 unspecified atom stereocenters. The Morgan fingerprint density at radius 2 is 1.67 bits per heavy atom. The Kier molecular flexibility index (Phi) is 6.44. The largest absolute Gasteiger partial charge is 0.416 e. The van der Waals surface area contributed by atoms with E-state index in [0.29, 0.717) is 0 Å². The third-order valence-electron chi connectivity index (χ3n) is 4.85. The molecule has 0 aromatic heterocycles. The van der Waals surface area contributed by atoms with E-state index in [4.69, 9.17) is 4.43 Å². The molecular weight excluding hydrogens is 280 g/mol. The third kappa shape index (κ3) is 5.38. The third-order valence-corrected chi connectivity index (χ3v) is 9.39.